The summed E-state index contributed by atoms with van der Waals surface area (Å²) in [6.07, 6.45) is 1.84. The summed E-state index contributed by atoms with van der Waals surface area (Å²) >= 11 is 1.55. The SMILES string of the molecule is O=C(NCCCc1ccccc1)c1ccccc1SCc1nnnn1-c1ccccc1. The molecule has 0 aliphatic carbocycles. The van der Waals surface area contributed by atoms with Gasteiger partial charge in [0.2, 0.25) is 0 Å². The molecule has 156 valence electrons. The summed E-state index contributed by atoms with van der Waals surface area (Å²) in [5.74, 6) is 1.23. The van der Waals surface area contributed by atoms with Gasteiger partial charge in [0.25, 0.3) is 5.91 Å². The summed E-state index contributed by atoms with van der Waals surface area (Å²) in [6.45, 7) is 0.638. The summed E-state index contributed by atoms with van der Waals surface area (Å²) in [5, 5.41) is 15.1. The lowest BCUT2D eigenvalue weighted by Gasteiger charge is -2.10. The molecule has 4 rings (SSSR count). The van der Waals surface area contributed by atoms with Crippen LogP contribution in [0, 0.1) is 0 Å². The Morgan fingerprint density at radius 3 is 2.42 bits per heavy atom. The quantitative estimate of drug-likeness (QED) is 0.317. The van der Waals surface area contributed by atoms with E-state index in [1.165, 1.54) is 5.56 Å². The Labute approximate surface area is 185 Å². The molecule has 31 heavy (non-hydrogen) atoms. The predicted octanol–water partition coefficient (Wildman–Crippen LogP) is 4.32. The number of nitrogens with zero attached hydrogens (tertiary/aromatic N) is 4. The van der Waals surface area contributed by atoms with Gasteiger partial charge in [0.05, 0.1) is 17.0 Å². The highest BCUT2D eigenvalue weighted by molar-refractivity contribution is 7.98. The van der Waals surface area contributed by atoms with E-state index in [9.17, 15) is 4.79 Å². The Morgan fingerprint density at radius 2 is 1.61 bits per heavy atom. The maximum Gasteiger partial charge on any atom is 0.252 e. The van der Waals surface area contributed by atoms with Crippen LogP contribution in [0.15, 0.2) is 89.8 Å². The molecule has 7 heteroatoms. The summed E-state index contributed by atoms with van der Waals surface area (Å²) in [5.41, 5.74) is 2.86. The Morgan fingerprint density at radius 1 is 0.903 bits per heavy atom. The molecule has 0 aliphatic heterocycles. The van der Waals surface area contributed by atoms with Gasteiger partial charge in [0, 0.05) is 11.4 Å². The fourth-order valence-electron chi connectivity index (χ4n) is 3.22. The van der Waals surface area contributed by atoms with E-state index in [-0.39, 0.29) is 5.91 Å². The van der Waals surface area contributed by atoms with Gasteiger partial charge in [0.1, 0.15) is 0 Å². The van der Waals surface area contributed by atoms with Crippen LogP contribution in [-0.2, 0) is 12.2 Å². The van der Waals surface area contributed by atoms with Crippen molar-refractivity contribution in [2.75, 3.05) is 6.54 Å². The van der Waals surface area contributed by atoms with Crippen molar-refractivity contribution in [1.82, 2.24) is 25.5 Å². The standard InChI is InChI=1S/C24H23N5OS/c30-24(25-17-9-12-19-10-3-1-4-11-19)21-15-7-8-16-22(21)31-18-23-26-27-28-29(23)20-13-5-2-6-14-20/h1-8,10-11,13-16H,9,12,17-18H2,(H,25,30). The zero-order chi connectivity index (χ0) is 21.3. The third-order valence-corrected chi connectivity index (χ3v) is 5.86. The number of amides is 1. The first-order valence-corrected chi connectivity index (χ1v) is 11.2. The van der Waals surface area contributed by atoms with Crippen LogP contribution < -0.4 is 5.32 Å². The molecular weight excluding hydrogens is 406 g/mol. The number of tetrazole rings is 1. The summed E-state index contributed by atoms with van der Waals surface area (Å²) in [6, 6.07) is 27.7. The zero-order valence-electron chi connectivity index (χ0n) is 17.0. The average molecular weight is 430 g/mol. The van der Waals surface area contributed by atoms with E-state index in [2.05, 4.69) is 33.0 Å². The zero-order valence-corrected chi connectivity index (χ0v) is 17.8. The van der Waals surface area contributed by atoms with E-state index >= 15 is 0 Å². The van der Waals surface area contributed by atoms with Gasteiger partial charge in [-0.1, -0.05) is 60.7 Å². The Kier molecular flexibility index (Phi) is 7.08. The van der Waals surface area contributed by atoms with Crippen molar-refractivity contribution in [1.29, 1.82) is 0 Å². The normalized spacial score (nSPS) is 10.7. The highest BCUT2D eigenvalue weighted by Gasteiger charge is 2.14. The van der Waals surface area contributed by atoms with E-state index in [1.807, 2.05) is 72.8 Å². The first-order valence-electron chi connectivity index (χ1n) is 10.2. The molecule has 0 spiro atoms. The lowest BCUT2D eigenvalue weighted by molar-refractivity contribution is 0.0950. The maximum absolute atomic E-state index is 12.8. The second-order valence-electron chi connectivity index (χ2n) is 6.97. The first kappa shape index (κ1) is 20.8. The van der Waals surface area contributed by atoms with Crippen molar-refractivity contribution in [3.8, 4) is 5.69 Å². The molecule has 0 atom stereocenters. The minimum absolute atomic E-state index is 0.0567. The number of aromatic nitrogens is 4. The van der Waals surface area contributed by atoms with Crippen LogP contribution in [0.4, 0.5) is 0 Å². The molecule has 0 bridgehead atoms. The van der Waals surface area contributed by atoms with Crippen molar-refractivity contribution >= 4 is 17.7 Å². The molecule has 1 N–H and O–H groups in total. The Balaban J connectivity index is 1.35. The fraction of sp³-hybridized carbons (Fsp3) is 0.167. The van der Waals surface area contributed by atoms with Crippen LogP contribution in [0.5, 0.6) is 0 Å². The minimum Gasteiger partial charge on any atom is -0.352 e. The van der Waals surface area contributed by atoms with E-state index in [1.54, 1.807) is 16.4 Å². The maximum atomic E-state index is 12.8. The number of carbonyl (C=O) groups excluding carboxylic acids is 1. The van der Waals surface area contributed by atoms with Crippen molar-refractivity contribution in [3.63, 3.8) is 0 Å². The van der Waals surface area contributed by atoms with E-state index in [0.29, 0.717) is 17.9 Å². The lowest BCUT2D eigenvalue weighted by Crippen LogP contribution is -2.25. The second-order valence-corrected chi connectivity index (χ2v) is 7.99. The Hall–Kier alpha value is -3.45. The van der Waals surface area contributed by atoms with Crippen molar-refractivity contribution < 1.29 is 4.79 Å². The molecule has 6 nitrogen and oxygen atoms in total. The highest BCUT2D eigenvalue weighted by Crippen LogP contribution is 2.26. The number of benzene rings is 3. The van der Waals surface area contributed by atoms with Gasteiger partial charge in [-0.05, 0) is 53.1 Å². The predicted molar refractivity (Wildman–Crippen MR) is 122 cm³/mol. The molecular formula is C24H23N5OS. The van der Waals surface area contributed by atoms with Gasteiger partial charge in [-0.25, -0.2) is 0 Å². The molecule has 3 aromatic carbocycles. The number of hydrogen-bond donors (Lipinski definition) is 1. The molecule has 1 aromatic heterocycles. The van der Waals surface area contributed by atoms with Gasteiger partial charge in [-0.15, -0.1) is 16.9 Å². The van der Waals surface area contributed by atoms with Crippen LogP contribution in [0.3, 0.4) is 0 Å². The van der Waals surface area contributed by atoms with Crippen LogP contribution in [0.2, 0.25) is 0 Å². The van der Waals surface area contributed by atoms with Gasteiger partial charge in [-0.3, -0.25) is 4.79 Å². The van der Waals surface area contributed by atoms with Crippen LogP contribution >= 0.6 is 11.8 Å². The topological polar surface area (TPSA) is 72.7 Å². The lowest BCUT2D eigenvalue weighted by atomic mass is 10.1. The third-order valence-electron chi connectivity index (χ3n) is 4.79. The molecule has 0 unspecified atom stereocenters. The third kappa shape index (κ3) is 5.58. The second kappa shape index (κ2) is 10.5. The van der Waals surface area contributed by atoms with Crippen molar-refractivity contribution in [3.05, 3.63) is 102 Å². The van der Waals surface area contributed by atoms with Crippen molar-refractivity contribution in [2.45, 2.75) is 23.5 Å². The number of thioether (sulfide) groups is 1. The monoisotopic (exact) mass is 429 g/mol. The van der Waals surface area contributed by atoms with Gasteiger partial charge < -0.3 is 5.32 Å². The average Bonchev–Trinajstić information content (AvgIpc) is 3.30. The number of aryl methyl sites for hydroxylation is 1. The number of carbonyl (C=O) groups is 1. The van der Waals surface area contributed by atoms with E-state index < -0.39 is 0 Å². The summed E-state index contributed by atoms with van der Waals surface area (Å²) in [7, 11) is 0. The smallest absolute Gasteiger partial charge is 0.252 e. The van der Waals surface area contributed by atoms with Gasteiger partial charge in [-0.2, -0.15) is 4.68 Å². The van der Waals surface area contributed by atoms with Crippen LogP contribution in [0.1, 0.15) is 28.2 Å². The molecule has 0 radical (unpaired) electrons. The van der Waals surface area contributed by atoms with Gasteiger partial charge >= 0.3 is 0 Å². The molecule has 1 heterocycles. The molecule has 0 aliphatic rings. The summed E-state index contributed by atoms with van der Waals surface area (Å²) < 4.78 is 1.72. The fourth-order valence-corrected chi connectivity index (χ4v) is 4.18. The van der Waals surface area contributed by atoms with Gasteiger partial charge in [0.15, 0.2) is 5.82 Å². The first-order chi connectivity index (χ1) is 15.3. The summed E-state index contributed by atoms with van der Waals surface area (Å²) in [4.78, 5) is 13.7. The van der Waals surface area contributed by atoms with Crippen LogP contribution in [-0.4, -0.2) is 32.7 Å². The number of para-hydroxylation sites is 1. The molecule has 0 fully saturated rings. The molecule has 0 saturated carbocycles. The largest absolute Gasteiger partial charge is 0.352 e. The van der Waals surface area contributed by atoms with E-state index in [4.69, 9.17) is 0 Å². The molecule has 1 amide bonds. The van der Waals surface area contributed by atoms with Crippen LogP contribution in [0.25, 0.3) is 5.69 Å². The minimum atomic E-state index is -0.0567. The number of rotatable bonds is 9. The number of hydrogen-bond acceptors (Lipinski definition) is 5. The van der Waals surface area contributed by atoms with E-state index in [0.717, 1.165) is 29.2 Å². The highest BCUT2D eigenvalue weighted by atomic mass is 32.2. The Bertz CT molecular complexity index is 1120. The molecule has 4 aromatic rings. The molecule has 0 saturated heterocycles. The van der Waals surface area contributed by atoms with Crippen molar-refractivity contribution in [2.24, 2.45) is 0 Å². The number of nitrogens with one attached hydrogen (secondary N) is 1.